The van der Waals surface area contributed by atoms with Gasteiger partial charge in [0.05, 0.1) is 19.2 Å². The van der Waals surface area contributed by atoms with Crippen molar-refractivity contribution >= 4 is 11.6 Å². The van der Waals surface area contributed by atoms with Gasteiger partial charge in [0.2, 0.25) is 0 Å². The van der Waals surface area contributed by atoms with E-state index >= 15 is 0 Å². The molecule has 0 aliphatic carbocycles. The Bertz CT molecular complexity index is 458. The average Bonchev–Trinajstić information content (AvgIpc) is 2.73. The molecule has 0 saturated carbocycles. The summed E-state index contributed by atoms with van der Waals surface area (Å²) in [7, 11) is 3.36. The molecular weight excluding hydrogens is 242 g/mol. The molecule has 0 amide bonds. The smallest absolute Gasteiger partial charge is 0.196 e. The number of ether oxygens (including phenoxy) is 2. The predicted octanol–water partition coefficient (Wildman–Crippen LogP) is 1.63. The maximum Gasteiger partial charge on any atom is 0.196 e. The highest BCUT2D eigenvalue weighted by Gasteiger charge is 2.38. The maximum absolute atomic E-state index is 6.03. The summed E-state index contributed by atoms with van der Waals surface area (Å²) in [5, 5.41) is 0. The van der Waals surface area contributed by atoms with Crippen molar-refractivity contribution in [2.75, 3.05) is 32.3 Å². The maximum atomic E-state index is 6.03. The summed E-state index contributed by atoms with van der Waals surface area (Å²) < 4.78 is 10.4. The van der Waals surface area contributed by atoms with Gasteiger partial charge in [0.1, 0.15) is 5.75 Å². The summed E-state index contributed by atoms with van der Waals surface area (Å²) >= 11 is 0. The van der Waals surface area contributed by atoms with E-state index in [0.717, 1.165) is 17.9 Å². The number of aliphatic imine (C=N–C) groups is 1. The number of nitrogens with zero attached hydrogens (tertiary/aromatic N) is 2. The first kappa shape index (κ1) is 13.7. The van der Waals surface area contributed by atoms with Gasteiger partial charge in [-0.1, -0.05) is 0 Å². The van der Waals surface area contributed by atoms with Crippen LogP contribution in [0.15, 0.2) is 29.3 Å². The van der Waals surface area contributed by atoms with Crippen LogP contribution in [0.2, 0.25) is 0 Å². The van der Waals surface area contributed by atoms with Gasteiger partial charge in [-0.2, -0.15) is 0 Å². The van der Waals surface area contributed by atoms with E-state index in [1.807, 2.05) is 24.3 Å². The van der Waals surface area contributed by atoms with Gasteiger partial charge in [-0.25, -0.2) is 0 Å². The van der Waals surface area contributed by atoms with Crippen molar-refractivity contribution in [3.05, 3.63) is 24.3 Å². The van der Waals surface area contributed by atoms with Crippen LogP contribution in [0, 0.1) is 0 Å². The third-order valence-corrected chi connectivity index (χ3v) is 3.53. The Morgan fingerprint density at radius 3 is 2.58 bits per heavy atom. The van der Waals surface area contributed by atoms with E-state index in [1.165, 1.54) is 0 Å². The molecule has 1 aromatic carbocycles. The first-order valence-electron chi connectivity index (χ1n) is 6.34. The molecule has 1 unspecified atom stereocenters. The molecule has 0 saturated heterocycles. The molecule has 0 bridgehead atoms. The quantitative estimate of drug-likeness (QED) is 0.877. The van der Waals surface area contributed by atoms with Crippen LogP contribution in [-0.4, -0.2) is 38.9 Å². The molecule has 0 radical (unpaired) electrons. The molecule has 2 N–H and O–H groups in total. The highest BCUT2D eigenvalue weighted by molar-refractivity contribution is 5.98. The van der Waals surface area contributed by atoms with Gasteiger partial charge in [0.15, 0.2) is 5.96 Å². The SMILES string of the molecule is COCCC1(C)CN=C(N)N1c1ccc(OC)cc1. The van der Waals surface area contributed by atoms with Crippen molar-refractivity contribution in [2.45, 2.75) is 18.9 Å². The molecule has 0 aromatic heterocycles. The molecule has 104 valence electrons. The Balaban J connectivity index is 2.25. The van der Waals surface area contributed by atoms with E-state index in [4.69, 9.17) is 15.2 Å². The molecular formula is C14H21N3O2. The van der Waals surface area contributed by atoms with Crippen molar-refractivity contribution in [3.8, 4) is 5.75 Å². The van der Waals surface area contributed by atoms with Gasteiger partial charge in [0, 0.05) is 19.4 Å². The highest BCUT2D eigenvalue weighted by Crippen LogP contribution is 2.32. The molecule has 5 nitrogen and oxygen atoms in total. The lowest BCUT2D eigenvalue weighted by Gasteiger charge is -2.36. The summed E-state index contributed by atoms with van der Waals surface area (Å²) in [6, 6.07) is 7.85. The van der Waals surface area contributed by atoms with E-state index in [2.05, 4.69) is 16.8 Å². The number of anilines is 1. The number of hydrogen-bond donors (Lipinski definition) is 1. The number of guanidine groups is 1. The third kappa shape index (κ3) is 2.66. The van der Waals surface area contributed by atoms with E-state index in [-0.39, 0.29) is 5.54 Å². The number of rotatable bonds is 5. The van der Waals surface area contributed by atoms with E-state index in [0.29, 0.717) is 19.1 Å². The standard InChI is InChI=1S/C14H21N3O2/c1-14(8-9-18-2)10-16-13(15)17(14)11-4-6-12(19-3)7-5-11/h4-7H,8-10H2,1-3H3,(H2,15,16). The summed E-state index contributed by atoms with van der Waals surface area (Å²) in [4.78, 5) is 6.45. The first-order chi connectivity index (χ1) is 9.10. The molecule has 5 heteroatoms. The van der Waals surface area contributed by atoms with Gasteiger partial charge in [0.25, 0.3) is 0 Å². The van der Waals surface area contributed by atoms with Gasteiger partial charge in [-0.05, 0) is 37.6 Å². The Morgan fingerprint density at radius 2 is 2.00 bits per heavy atom. The van der Waals surface area contributed by atoms with Gasteiger partial charge < -0.3 is 20.1 Å². The number of hydrogen-bond acceptors (Lipinski definition) is 5. The lowest BCUT2D eigenvalue weighted by atomic mass is 9.96. The fourth-order valence-electron chi connectivity index (χ4n) is 2.36. The second-order valence-corrected chi connectivity index (χ2v) is 4.95. The lowest BCUT2D eigenvalue weighted by Crippen LogP contribution is -2.50. The fraction of sp³-hybridized carbons (Fsp3) is 0.500. The Morgan fingerprint density at radius 1 is 1.32 bits per heavy atom. The third-order valence-electron chi connectivity index (χ3n) is 3.53. The zero-order valence-corrected chi connectivity index (χ0v) is 11.7. The van der Waals surface area contributed by atoms with Gasteiger partial charge in [-0.3, -0.25) is 4.99 Å². The predicted molar refractivity (Wildman–Crippen MR) is 76.9 cm³/mol. The van der Waals surface area contributed by atoms with Crippen LogP contribution in [0.25, 0.3) is 0 Å². The molecule has 0 spiro atoms. The van der Waals surface area contributed by atoms with E-state index in [1.54, 1.807) is 14.2 Å². The van der Waals surface area contributed by atoms with Crippen LogP contribution in [0.5, 0.6) is 5.75 Å². The number of benzene rings is 1. The molecule has 19 heavy (non-hydrogen) atoms. The van der Waals surface area contributed by atoms with Gasteiger partial charge >= 0.3 is 0 Å². The highest BCUT2D eigenvalue weighted by atomic mass is 16.5. The molecule has 1 aliphatic rings. The molecule has 2 rings (SSSR count). The monoisotopic (exact) mass is 263 g/mol. The Kier molecular flexibility index (Phi) is 3.95. The largest absolute Gasteiger partial charge is 0.497 e. The summed E-state index contributed by atoms with van der Waals surface area (Å²) in [6.45, 7) is 3.53. The molecule has 1 atom stereocenters. The summed E-state index contributed by atoms with van der Waals surface area (Å²) in [6.07, 6.45) is 0.875. The molecule has 1 aliphatic heterocycles. The minimum absolute atomic E-state index is 0.130. The van der Waals surface area contributed by atoms with Crippen molar-refractivity contribution in [3.63, 3.8) is 0 Å². The van der Waals surface area contributed by atoms with E-state index < -0.39 is 0 Å². The second-order valence-electron chi connectivity index (χ2n) is 4.95. The van der Waals surface area contributed by atoms with Crippen molar-refractivity contribution in [1.29, 1.82) is 0 Å². The normalized spacial score (nSPS) is 22.5. The Hall–Kier alpha value is -1.75. The van der Waals surface area contributed by atoms with Crippen LogP contribution < -0.4 is 15.4 Å². The summed E-state index contributed by atoms with van der Waals surface area (Å²) in [5.41, 5.74) is 6.93. The zero-order valence-electron chi connectivity index (χ0n) is 11.7. The van der Waals surface area contributed by atoms with Crippen LogP contribution in [0.4, 0.5) is 5.69 Å². The molecule has 1 aromatic rings. The minimum Gasteiger partial charge on any atom is -0.497 e. The van der Waals surface area contributed by atoms with Crippen molar-refractivity contribution < 1.29 is 9.47 Å². The van der Waals surface area contributed by atoms with Crippen molar-refractivity contribution in [2.24, 2.45) is 10.7 Å². The first-order valence-corrected chi connectivity index (χ1v) is 6.34. The van der Waals surface area contributed by atoms with E-state index in [9.17, 15) is 0 Å². The van der Waals surface area contributed by atoms with Crippen LogP contribution in [0.1, 0.15) is 13.3 Å². The molecule has 1 heterocycles. The average molecular weight is 263 g/mol. The number of nitrogens with two attached hydrogens (primary N) is 1. The van der Waals surface area contributed by atoms with Crippen LogP contribution >= 0.6 is 0 Å². The lowest BCUT2D eigenvalue weighted by molar-refractivity contribution is 0.175. The fourth-order valence-corrected chi connectivity index (χ4v) is 2.36. The Labute approximate surface area is 114 Å². The van der Waals surface area contributed by atoms with Crippen LogP contribution in [0.3, 0.4) is 0 Å². The minimum atomic E-state index is -0.130. The number of methoxy groups -OCH3 is 2. The van der Waals surface area contributed by atoms with Gasteiger partial charge in [-0.15, -0.1) is 0 Å². The topological polar surface area (TPSA) is 60.1 Å². The summed E-state index contributed by atoms with van der Waals surface area (Å²) in [5.74, 6) is 1.39. The van der Waals surface area contributed by atoms with Crippen molar-refractivity contribution in [1.82, 2.24) is 0 Å². The second kappa shape index (κ2) is 5.48. The van der Waals surface area contributed by atoms with Crippen LogP contribution in [-0.2, 0) is 4.74 Å². The molecule has 0 fully saturated rings. The zero-order chi connectivity index (χ0) is 13.9.